The van der Waals surface area contributed by atoms with E-state index in [0.29, 0.717) is 11.2 Å². The molecule has 1 aromatic heterocycles. The van der Waals surface area contributed by atoms with Gasteiger partial charge in [-0.3, -0.25) is 9.59 Å². The summed E-state index contributed by atoms with van der Waals surface area (Å²) in [5, 5.41) is 3.06. The fourth-order valence-corrected chi connectivity index (χ4v) is 5.26. The number of hydrogen-bond acceptors (Lipinski definition) is 4. The van der Waals surface area contributed by atoms with Gasteiger partial charge >= 0.3 is 0 Å². The van der Waals surface area contributed by atoms with Gasteiger partial charge in [0.25, 0.3) is 0 Å². The number of aromatic nitrogens is 1. The van der Waals surface area contributed by atoms with Gasteiger partial charge in [-0.2, -0.15) is 0 Å². The first-order valence-corrected chi connectivity index (χ1v) is 12.8. The molecule has 0 radical (unpaired) electrons. The molecule has 0 aliphatic heterocycles. The zero-order valence-corrected chi connectivity index (χ0v) is 21.0. The molecule has 35 heavy (non-hydrogen) atoms. The Balaban J connectivity index is 1.76. The Bertz CT molecular complexity index is 1560. The van der Waals surface area contributed by atoms with Gasteiger partial charge in [-0.1, -0.05) is 62.7 Å². The minimum atomic E-state index is -4.11. The van der Waals surface area contributed by atoms with Crippen molar-refractivity contribution in [3.05, 3.63) is 100 Å². The van der Waals surface area contributed by atoms with Crippen LogP contribution in [-0.4, -0.2) is 18.9 Å². The molecule has 0 bridgehead atoms. The summed E-state index contributed by atoms with van der Waals surface area (Å²) in [5.74, 6) is -0.333. The molecule has 4 rings (SSSR count). The van der Waals surface area contributed by atoms with Crippen molar-refractivity contribution in [1.29, 1.82) is 0 Å². The average Bonchev–Trinajstić information content (AvgIpc) is 2.82. The molecule has 4 aromatic rings. The summed E-state index contributed by atoms with van der Waals surface area (Å²) in [5.41, 5.74) is 2.45. The van der Waals surface area contributed by atoms with Crippen LogP contribution in [0.2, 0.25) is 0 Å². The van der Waals surface area contributed by atoms with Crippen molar-refractivity contribution in [3.8, 4) is 0 Å². The highest BCUT2D eigenvalue weighted by Gasteiger charge is 2.25. The van der Waals surface area contributed by atoms with Crippen molar-refractivity contribution in [1.82, 2.24) is 4.57 Å². The molecule has 0 aliphatic rings. The van der Waals surface area contributed by atoms with Crippen LogP contribution in [-0.2, 0) is 26.6 Å². The molecule has 1 heterocycles. The number of sulfone groups is 1. The Kier molecular flexibility index (Phi) is 6.38. The summed E-state index contributed by atoms with van der Waals surface area (Å²) in [6.07, 6.45) is 1.27. The van der Waals surface area contributed by atoms with Gasteiger partial charge < -0.3 is 9.88 Å². The van der Waals surface area contributed by atoms with Crippen LogP contribution in [0, 0.1) is 6.92 Å². The highest BCUT2D eigenvalue weighted by molar-refractivity contribution is 7.91. The third-order valence-corrected chi connectivity index (χ3v) is 7.69. The summed E-state index contributed by atoms with van der Waals surface area (Å²) >= 11 is 0. The molecule has 0 aliphatic carbocycles. The van der Waals surface area contributed by atoms with Gasteiger partial charge in [-0.15, -0.1) is 0 Å². The standard InChI is InChI=1S/C28H28N2O4S/c1-19-9-13-21(14-10-19)29-26(31)18-30-17-25(27(32)23-7-5-6-8-24(23)30)35(33,34)22-15-11-20(12-16-22)28(2,3)4/h5-17H,18H2,1-4H3,(H,29,31). The van der Waals surface area contributed by atoms with E-state index >= 15 is 0 Å². The minimum Gasteiger partial charge on any atom is -0.336 e. The molecule has 0 spiro atoms. The van der Waals surface area contributed by atoms with Gasteiger partial charge in [0.05, 0.1) is 10.4 Å². The van der Waals surface area contributed by atoms with Crippen molar-refractivity contribution in [2.24, 2.45) is 0 Å². The van der Waals surface area contributed by atoms with E-state index in [4.69, 9.17) is 0 Å². The fourth-order valence-electron chi connectivity index (χ4n) is 3.89. The minimum absolute atomic E-state index is 0.0357. The summed E-state index contributed by atoms with van der Waals surface area (Å²) in [4.78, 5) is 25.7. The summed E-state index contributed by atoms with van der Waals surface area (Å²) in [6, 6.07) is 20.7. The van der Waals surface area contributed by atoms with Crippen LogP contribution < -0.4 is 10.7 Å². The number of carbonyl (C=O) groups excluding carboxylic acids is 1. The average molecular weight is 489 g/mol. The number of fused-ring (bicyclic) bond motifs is 1. The number of anilines is 1. The molecule has 0 unspecified atom stereocenters. The number of amides is 1. The van der Waals surface area contributed by atoms with Crippen molar-refractivity contribution < 1.29 is 13.2 Å². The number of nitrogens with one attached hydrogen (secondary N) is 1. The van der Waals surface area contributed by atoms with Crippen molar-refractivity contribution in [2.75, 3.05) is 5.32 Å². The highest BCUT2D eigenvalue weighted by atomic mass is 32.2. The van der Waals surface area contributed by atoms with Gasteiger partial charge in [-0.25, -0.2) is 8.42 Å². The normalized spacial score (nSPS) is 12.0. The SMILES string of the molecule is Cc1ccc(NC(=O)Cn2cc(S(=O)(=O)c3ccc(C(C)(C)C)cc3)c(=O)c3ccccc32)cc1. The summed E-state index contributed by atoms with van der Waals surface area (Å²) in [7, 11) is -4.11. The highest BCUT2D eigenvalue weighted by Crippen LogP contribution is 2.26. The first-order chi connectivity index (χ1) is 16.5. The maximum atomic E-state index is 13.5. The Morgan fingerprint density at radius 3 is 2.17 bits per heavy atom. The quantitative estimate of drug-likeness (QED) is 0.425. The van der Waals surface area contributed by atoms with E-state index in [2.05, 4.69) is 5.32 Å². The molecule has 3 aromatic carbocycles. The molecule has 0 saturated carbocycles. The number of carbonyl (C=O) groups is 1. The maximum absolute atomic E-state index is 13.5. The van der Waals surface area contributed by atoms with Crippen molar-refractivity contribution in [2.45, 2.75) is 49.4 Å². The lowest BCUT2D eigenvalue weighted by molar-refractivity contribution is -0.116. The van der Waals surface area contributed by atoms with E-state index in [1.807, 2.05) is 39.8 Å². The van der Waals surface area contributed by atoms with Gasteiger partial charge in [0, 0.05) is 17.3 Å². The van der Waals surface area contributed by atoms with Crippen LogP contribution in [0.3, 0.4) is 0 Å². The van der Waals surface area contributed by atoms with E-state index in [-0.39, 0.29) is 33.0 Å². The Morgan fingerprint density at radius 1 is 0.914 bits per heavy atom. The number of nitrogens with zero attached hydrogens (tertiary/aromatic N) is 1. The van der Waals surface area contributed by atoms with Gasteiger partial charge in [0.2, 0.25) is 21.2 Å². The lowest BCUT2D eigenvalue weighted by atomic mass is 9.87. The number of para-hydroxylation sites is 1. The second kappa shape index (κ2) is 9.15. The van der Waals surface area contributed by atoms with Gasteiger partial charge in [0.15, 0.2) is 0 Å². The zero-order chi connectivity index (χ0) is 25.4. The monoisotopic (exact) mass is 488 g/mol. The number of aryl methyl sites for hydroxylation is 1. The molecular formula is C28H28N2O4S. The molecule has 0 saturated heterocycles. The smallest absolute Gasteiger partial charge is 0.244 e. The number of pyridine rings is 1. The van der Waals surface area contributed by atoms with E-state index in [1.54, 1.807) is 48.5 Å². The van der Waals surface area contributed by atoms with Crippen LogP contribution in [0.4, 0.5) is 5.69 Å². The van der Waals surface area contributed by atoms with Crippen LogP contribution in [0.5, 0.6) is 0 Å². The van der Waals surface area contributed by atoms with E-state index in [9.17, 15) is 18.0 Å². The molecule has 0 fully saturated rings. The van der Waals surface area contributed by atoms with Crippen LogP contribution in [0.25, 0.3) is 10.9 Å². The first kappa shape index (κ1) is 24.4. The van der Waals surface area contributed by atoms with Crippen LogP contribution >= 0.6 is 0 Å². The molecule has 1 amide bonds. The van der Waals surface area contributed by atoms with E-state index < -0.39 is 15.3 Å². The molecule has 7 heteroatoms. The van der Waals surface area contributed by atoms with Gasteiger partial charge in [-0.05, 0) is 54.3 Å². The molecule has 180 valence electrons. The largest absolute Gasteiger partial charge is 0.336 e. The summed E-state index contributed by atoms with van der Waals surface area (Å²) < 4.78 is 28.5. The third kappa shape index (κ3) is 5.05. The molecule has 0 atom stereocenters. The topological polar surface area (TPSA) is 85.2 Å². The number of rotatable bonds is 5. The predicted molar refractivity (Wildman–Crippen MR) is 139 cm³/mol. The lowest BCUT2D eigenvalue weighted by Gasteiger charge is -2.19. The van der Waals surface area contributed by atoms with Crippen molar-refractivity contribution >= 4 is 32.3 Å². The fraction of sp³-hybridized carbons (Fsp3) is 0.214. The van der Waals surface area contributed by atoms with Crippen LogP contribution in [0.15, 0.2) is 93.6 Å². The molecular weight excluding hydrogens is 460 g/mol. The van der Waals surface area contributed by atoms with Gasteiger partial charge in [0.1, 0.15) is 11.4 Å². The van der Waals surface area contributed by atoms with Crippen LogP contribution in [0.1, 0.15) is 31.9 Å². The Morgan fingerprint density at radius 2 is 1.54 bits per heavy atom. The van der Waals surface area contributed by atoms with E-state index in [1.165, 1.54) is 22.9 Å². The van der Waals surface area contributed by atoms with E-state index in [0.717, 1.165) is 11.1 Å². The summed E-state index contributed by atoms with van der Waals surface area (Å²) in [6.45, 7) is 7.93. The lowest BCUT2D eigenvalue weighted by Crippen LogP contribution is -2.24. The maximum Gasteiger partial charge on any atom is 0.244 e. The number of benzene rings is 3. The number of hydrogen-bond donors (Lipinski definition) is 1. The zero-order valence-electron chi connectivity index (χ0n) is 20.2. The Labute approximate surface area is 205 Å². The Hall–Kier alpha value is -3.71. The predicted octanol–water partition coefficient (Wildman–Crippen LogP) is 5.08. The van der Waals surface area contributed by atoms with Crippen molar-refractivity contribution in [3.63, 3.8) is 0 Å². The third-order valence-electron chi connectivity index (χ3n) is 5.92. The first-order valence-electron chi connectivity index (χ1n) is 11.3. The second-order valence-electron chi connectivity index (χ2n) is 9.66. The molecule has 6 nitrogen and oxygen atoms in total. The second-order valence-corrected chi connectivity index (χ2v) is 11.6. The molecule has 1 N–H and O–H groups in total.